The quantitative estimate of drug-likeness (QED) is 0.273. The molecule has 0 amide bonds. The van der Waals surface area contributed by atoms with Gasteiger partial charge in [0.2, 0.25) is 0 Å². The van der Waals surface area contributed by atoms with Gasteiger partial charge in [-0.25, -0.2) is 0 Å². The van der Waals surface area contributed by atoms with Crippen LogP contribution in [-0.4, -0.2) is 52.6 Å². The fourth-order valence-electron chi connectivity index (χ4n) is 1.34. The smallest absolute Gasteiger partial charge is 0.550 e. The number of carboxylic acids is 3. The number of carboxylic acid groups (broad SMARTS) is 3. The zero-order valence-corrected chi connectivity index (χ0v) is 17.9. The van der Waals surface area contributed by atoms with Crippen molar-refractivity contribution in [1.82, 2.24) is 0 Å². The molecule has 0 rings (SSSR count). The van der Waals surface area contributed by atoms with Gasteiger partial charge in [-0.1, -0.05) is 34.1 Å². The van der Waals surface area contributed by atoms with Crippen LogP contribution < -0.4 is 15.3 Å². The number of hydrogen-bond donors (Lipinski definition) is 0. The maximum atomic E-state index is 10.8. The van der Waals surface area contributed by atoms with E-state index in [-0.39, 0.29) is 53.5 Å². The van der Waals surface area contributed by atoms with Crippen molar-refractivity contribution in [3.8, 4) is 0 Å². The van der Waals surface area contributed by atoms with Crippen LogP contribution in [0.25, 0.3) is 0 Å². The number of carbonyl (C=O) groups excluding carboxylic acids is 6. The van der Waals surface area contributed by atoms with E-state index in [1.165, 1.54) is 0 Å². The van der Waals surface area contributed by atoms with Crippen LogP contribution in [0.5, 0.6) is 0 Å². The minimum atomic E-state index is -1.29. The molecule has 0 aliphatic heterocycles. The topological polar surface area (TPSA) is 172 Å². The van der Waals surface area contributed by atoms with Gasteiger partial charge in [0.25, 0.3) is 0 Å². The minimum absolute atomic E-state index is 0. The van der Waals surface area contributed by atoms with Gasteiger partial charge in [-0.05, 0) is 5.92 Å². The Bertz CT molecular complexity index is 487. The Labute approximate surface area is 175 Å². The predicted molar refractivity (Wildman–Crippen MR) is 94.3 cm³/mol. The molecule has 0 heterocycles. The first kappa shape index (κ1) is 33.5. The Balaban J connectivity index is -0.000000155. The number of rotatable bonds is 11. The van der Waals surface area contributed by atoms with E-state index < -0.39 is 37.2 Å². The van der Waals surface area contributed by atoms with Gasteiger partial charge in [0.15, 0.2) is 0 Å². The fourth-order valence-corrected chi connectivity index (χ4v) is 1.34. The van der Waals surface area contributed by atoms with Crippen molar-refractivity contribution < 1.29 is 44.1 Å². The van der Waals surface area contributed by atoms with Gasteiger partial charge in [-0.15, -0.1) is 0 Å². The molecule has 0 aliphatic rings. The van der Waals surface area contributed by atoms with E-state index in [0.29, 0.717) is 6.42 Å². The van der Waals surface area contributed by atoms with E-state index >= 15 is 0 Å². The molecule has 0 saturated heterocycles. The van der Waals surface area contributed by atoms with Gasteiger partial charge < -0.3 is 29.7 Å². The second-order valence-corrected chi connectivity index (χ2v) is 5.69. The van der Waals surface area contributed by atoms with Crippen LogP contribution in [0, 0.1) is 5.92 Å². The van der Waals surface area contributed by atoms with Crippen molar-refractivity contribution in [3.63, 3.8) is 0 Å². The van der Waals surface area contributed by atoms with Gasteiger partial charge in [0.05, 0.1) is 0 Å². The molecule has 1 unspecified atom stereocenters. The van der Waals surface area contributed by atoms with Crippen LogP contribution in [0.4, 0.5) is 0 Å². The third-order valence-electron chi connectivity index (χ3n) is 3.09. The molecule has 28 heavy (non-hydrogen) atoms. The third kappa shape index (κ3) is 31.7. The summed E-state index contributed by atoms with van der Waals surface area (Å²) in [6, 6.07) is 0. The fraction of sp³-hybridized carbons (Fsp3) is 0.667. The van der Waals surface area contributed by atoms with Crippen LogP contribution in [0.1, 0.15) is 72.6 Å². The van der Waals surface area contributed by atoms with Gasteiger partial charge in [-0.2, -0.15) is 0 Å². The molecule has 0 saturated carbocycles. The van der Waals surface area contributed by atoms with Crippen LogP contribution in [0.15, 0.2) is 0 Å². The predicted octanol–water partition coefficient (Wildman–Crippen LogP) is -2.04. The van der Waals surface area contributed by atoms with E-state index in [0.717, 1.165) is 6.42 Å². The van der Waals surface area contributed by atoms with Gasteiger partial charge in [0.1, 0.15) is 17.3 Å². The van der Waals surface area contributed by atoms with E-state index in [1.54, 1.807) is 13.8 Å². The average Bonchev–Trinajstić information content (AvgIpc) is 2.53. The van der Waals surface area contributed by atoms with Crippen LogP contribution in [0.3, 0.4) is 0 Å². The van der Waals surface area contributed by atoms with Gasteiger partial charge in [0, 0.05) is 56.4 Å². The number of aliphatic carboxylic acids is 3. The largest absolute Gasteiger partial charge is 3.00 e. The summed E-state index contributed by atoms with van der Waals surface area (Å²) in [6.45, 7) is 7.13. The van der Waals surface area contributed by atoms with Crippen molar-refractivity contribution >= 4 is 52.6 Å². The standard InChI is InChI=1S/C8H14O3.2C5H8O3.Al/c1-3-6(2)4-7(9)5-8(10)11;2*1-2-4(6)3-5(7)8;/h6H,3-5H2,1-2H3,(H,10,11);2*2-3H2,1H3,(H,7,8);/q;;;+3/p-3. The Morgan fingerprint density at radius 3 is 1.11 bits per heavy atom. The normalized spacial score (nSPS) is 9.86. The van der Waals surface area contributed by atoms with E-state index in [1.807, 2.05) is 13.8 Å². The second-order valence-electron chi connectivity index (χ2n) is 5.69. The summed E-state index contributed by atoms with van der Waals surface area (Å²) < 4.78 is 0. The van der Waals surface area contributed by atoms with Crippen molar-refractivity contribution in [2.45, 2.75) is 72.6 Å². The number of hydrogen-bond acceptors (Lipinski definition) is 9. The van der Waals surface area contributed by atoms with Crippen LogP contribution in [0.2, 0.25) is 0 Å². The summed E-state index contributed by atoms with van der Waals surface area (Å²) in [5.41, 5.74) is 0. The van der Waals surface area contributed by atoms with Gasteiger partial charge in [-0.3, -0.25) is 14.4 Å². The Morgan fingerprint density at radius 1 is 0.643 bits per heavy atom. The van der Waals surface area contributed by atoms with E-state index in [2.05, 4.69) is 0 Å². The Hall–Kier alpha value is -2.05. The Morgan fingerprint density at radius 2 is 0.929 bits per heavy atom. The molecular weight excluding hydrogens is 387 g/mol. The summed E-state index contributed by atoms with van der Waals surface area (Å²) in [6.07, 6.45) is 0.461. The monoisotopic (exact) mass is 414 g/mol. The van der Waals surface area contributed by atoms with Crippen molar-refractivity contribution in [2.24, 2.45) is 5.92 Å². The van der Waals surface area contributed by atoms with E-state index in [9.17, 15) is 44.1 Å². The second kappa shape index (κ2) is 21.3. The number of Topliss-reactive ketones (excluding diaryl/α,β-unsaturated/α-hetero) is 3. The first-order valence-electron chi connectivity index (χ1n) is 8.53. The maximum Gasteiger partial charge on any atom is 3.00 e. The number of ketones is 3. The van der Waals surface area contributed by atoms with Crippen molar-refractivity contribution in [1.29, 1.82) is 0 Å². The van der Waals surface area contributed by atoms with Crippen molar-refractivity contribution in [3.05, 3.63) is 0 Å². The zero-order valence-electron chi connectivity index (χ0n) is 16.8. The van der Waals surface area contributed by atoms with Gasteiger partial charge >= 0.3 is 17.4 Å². The van der Waals surface area contributed by atoms with Crippen LogP contribution >= 0.6 is 0 Å². The first-order valence-corrected chi connectivity index (χ1v) is 8.53. The molecule has 0 fully saturated rings. The van der Waals surface area contributed by atoms with Crippen molar-refractivity contribution in [2.75, 3.05) is 0 Å². The molecule has 0 aromatic heterocycles. The molecule has 0 spiro atoms. The SMILES string of the molecule is CCC(=O)CC(=O)[O-].CCC(=O)CC(=O)[O-].CCC(C)CC(=O)CC(=O)[O-].[Al+3]. The molecule has 0 aromatic rings. The van der Waals surface area contributed by atoms with Crippen LogP contribution in [-0.2, 0) is 28.8 Å². The summed E-state index contributed by atoms with van der Waals surface area (Å²) >= 11 is 0. The Kier molecular flexibility index (Phi) is 25.5. The summed E-state index contributed by atoms with van der Waals surface area (Å²) in [5.74, 6) is -4.40. The summed E-state index contributed by atoms with van der Waals surface area (Å²) in [4.78, 5) is 60.4. The molecule has 0 radical (unpaired) electrons. The summed E-state index contributed by atoms with van der Waals surface area (Å²) in [7, 11) is 0. The molecular formula is C18H27AlO9. The first-order chi connectivity index (χ1) is 12.4. The molecule has 0 N–H and O–H groups in total. The average molecular weight is 414 g/mol. The molecule has 156 valence electrons. The third-order valence-corrected chi connectivity index (χ3v) is 3.09. The molecule has 0 aromatic carbocycles. The molecule has 10 heteroatoms. The number of carbonyl (C=O) groups is 6. The molecule has 0 bridgehead atoms. The zero-order chi connectivity index (χ0) is 22.0. The van der Waals surface area contributed by atoms with E-state index in [4.69, 9.17) is 0 Å². The maximum absolute atomic E-state index is 10.8. The summed E-state index contributed by atoms with van der Waals surface area (Å²) in [5, 5.41) is 29.2. The minimum Gasteiger partial charge on any atom is -0.550 e. The molecule has 0 aliphatic carbocycles. The molecule has 9 nitrogen and oxygen atoms in total. The molecule has 1 atom stereocenters.